The number of benzene rings is 2. The number of aliphatic hydroxyl groups is 1. The predicted molar refractivity (Wildman–Crippen MR) is 158 cm³/mol. The number of thiophene rings is 1. The van der Waals surface area contributed by atoms with Crippen molar-refractivity contribution in [2.24, 2.45) is 0 Å². The predicted octanol–water partition coefficient (Wildman–Crippen LogP) is 5.82. The van der Waals surface area contributed by atoms with Crippen molar-refractivity contribution in [1.29, 1.82) is 0 Å². The molecule has 0 saturated heterocycles. The van der Waals surface area contributed by atoms with Gasteiger partial charge >= 0.3 is 12.1 Å². The van der Waals surface area contributed by atoms with Crippen LogP contribution in [0.1, 0.15) is 49.1 Å². The number of hydrogen-bond acceptors (Lipinski definition) is 6. The standard InChI is InChI=1S/C30H37F3N2O5S2/c1-29(2,14-4-6-26-7-5-15-41-26)34-19-25(36)20-35(3)42(39,40)27-17-23(16-24(18-27)30(31,32)33)22-11-8-21(9-12-22)10-13-28(37)38/h5,7-9,11-12,15-18,25,34,36H,4,6,10,13-14,19-20H2,1-3H3,(H,37,38)/t25-/m1/s1. The molecule has 3 N–H and O–H groups in total. The molecule has 3 aromatic rings. The second kappa shape index (κ2) is 14.1. The van der Waals surface area contributed by atoms with E-state index in [0.29, 0.717) is 17.2 Å². The van der Waals surface area contributed by atoms with Crippen molar-refractivity contribution in [2.75, 3.05) is 20.1 Å². The lowest BCUT2D eigenvalue weighted by atomic mass is 9.96. The fourth-order valence-corrected chi connectivity index (χ4v) is 6.51. The van der Waals surface area contributed by atoms with Crippen LogP contribution in [0.3, 0.4) is 0 Å². The summed E-state index contributed by atoms with van der Waals surface area (Å²) in [7, 11) is -3.16. The van der Waals surface area contributed by atoms with E-state index in [1.807, 2.05) is 25.3 Å². The second-order valence-corrected chi connectivity index (χ2v) is 14.0. The number of β-amino-alcohol motifs (C(OH)–C–C–N with tert-alkyl or cyclic N) is 1. The maximum atomic E-state index is 13.8. The number of aliphatic carboxylic acids is 1. The Labute approximate surface area is 249 Å². The van der Waals surface area contributed by atoms with Gasteiger partial charge in [0.2, 0.25) is 10.0 Å². The number of sulfonamides is 1. The molecule has 0 aliphatic heterocycles. The van der Waals surface area contributed by atoms with Gasteiger partial charge in [-0.25, -0.2) is 8.42 Å². The number of rotatable bonds is 15. The van der Waals surface area contributed by atoms with Crippen LogP contribution in [0, 0.1) is 0 Å². The molecule has 0 radical (unpaired) electrons. The number of nitrogens with zero attached hydrogens (tertiary/aromatic N) is 1. The molecule has 230 valence electrons. The van der Waals surface area contributed by atoms with Gasteiger partial charge in [-0.2, -0.15) is 17.5 Å². The van der Waals surface area contributed by atoms with Crippen molar-refractivity contribution in [3.05, 3.63) is 76.0 Å². The van der Waals surface area contributed by atoms with Crippen molar-refractivity contribution < 1.29 is 36.6 Å². The molecule has 0 spiro atoms. The molecule has 42 heavy (non-hydrogen) atoms. The van der Waals surface area contributed by atoms with Crippen LogP contribution in [0.25, 0.3) is 11.1 Å². The van der Waals surface area contributed by atoms with Crippen LogP contribution in [-0.4, -0.2) is 60.7 Å². The highest BCUT2D eigenvalue weighted by molar-refractivity contribution is 7.89. The number of nitrogens with one attached hydrogen (secondary N) is 1. The molecule has 7 nitrogen and oxygen atoms in total. The van der Waals surface area contributed by atoms with E-state index >= 15 is 0 Å². The summed E-state index contributed by atoms with van der Waals surface area (Å²) in [5.41, 5.74) is -0.338. The lowest BCUT2D eigenvalue weighted by molar-refractivity contribution is -0.138. The Bertz CT molecular complexity index is 1420. The van der Waals surface area contributed by atoms with Crippen LogP contribution in [0.4, 0.5) is 13.2 Å². The van der Waals surface area contributed by atoms with E-state index in [4.69, 9.17) is 5.11 Å². The molecule has 0 saturated carbocycles. The van der Waals surface area contributed by atoms with Crippen LogP contribution in [-0.2, 0) is 33.8 Å². The fraction of sp³-hybridized carbons (Fsp3) is 0.433. The summed E-state index contributed by atoms with van der Waals surface area (Å²) in [6, 6.07) is 13.0. The quantitative estimate of drug-likeness (QED) is 0.196. The van der Waals surface area contributed by atoms with Gasteiger partial charge in [-0.15, -0.1) is 11.3 Å². The van der Waals surface area contributed by atoms with Gasteiger partial charge in [0.1, 0.15) is 0 Å². The summed E-state index contributed by atoms with van der Waals surface area (Å²) in [5.74, 6) is -0.967. The third-order valence-corrected chi connectivity index (χ3v) is 9.68. The largest absolute Gasteiger partial charge is 0.481 e. The van der Waals surface area contributed by atoms with Crippen molar-refractivity contribution in [1.82, 2.24) is 9.62 Å². The summed E-state index contributed by atoms with van der Waals surface area (Å²) in [4.78, 5) is 11.6. The molecule has 2 aromatic carbocycles. The molecular weight excluding hydrogens is 589 g/mol. The maximum absolute atomic E-state index is 13.8. The zero-order valence-electron chi connectivity index (χ0n) is 23.8. The van der Waals surface area contributed by atoms with Crippen molar-refractivity contribution >= 4 is 27.3 Å². The molecule has 1 aromatic heterocycles. The van der Waals surface area contributed by atoms with E-state index in [9.17, 15) is 31.5 Å². The molecule has 0 aliphatic carbocycles. The highest BCUT2D eigenvalue weighted by atomic mass is 32.2. The first kappa shape index (κ1) is 33.7. The fourth-order valence-electron chi connectivity index (χ4n) is 4.47. The van der Waals surface area contributed by atoms with E-state index in [-0.39, 0.29) is 37.0 Å². The number of hydrogen-bond donors (Lipinski definition) is 3. The molecule has 3 rings (SSSR count). The van der Waals surface area contributed by atoms with E-state index in [1.54, 1.807) is 23.5 Å². The Kier molecular flexibility index (Phi) is 11.4. The lowest BCUT2D eigenvalue weighted by Gasteiger charge is -2.29. The van der Waals surface area contributed by atoms with Gasteiger partial charge in [0.05, 0.1) is 16.6 Å². The van der Waals surface area contributed by atoms with Crippen molar-refractivity contribution in [3.8, 4) is 11.1 Å². The molecular formula is C30H37F3N2O5S2. The number of likely N-dealkylation sites (N-methyl/N-ethyl adjacent to an activating group) is 1. The topological polar surface area (TPSA) is 107 Å². The number of halogens is 3. The van der Waals surface area contributed by atoms with Crippen molar-refractivity contribution in [3.63, 3.8) is 0 Å². The van der Waals surface area contributed by atoms with Crippen LogP contribution in [0.2, 0.25) is 0 Å². The molecule has 1 atom stereocenters. The van der Waals surface area contributed by atoms with Gasteiger partial charge in [-0.05, 0) is 85.9 Å². The average molecular weight is 627 g/mol. The first-order chi connectivity index (χ1) is 19.6. The van der Waals surface area contributed by atoms with Gasteiger partial charge in [-0.1, -0.05) is 30.3 Å². The molecule has 0 unspecified atom stereocenters. The molecule has 0 aliphatic rings. The number of carboxylic acid groups (broad SMARTS) is 1. The SMILES string of the molecule is CN(C[C@H](O)CNC(C)(C)CCCc1cccs1)S(=O)(=O)c1cc(-c2ccc(CCC(=O)O)cc2)cc(C(F)(F)F)c1. The van der Waals surface area contributed by atoms with E-state index < -0.39 is 38.7 Å². The third-order valence-electron chi connectivity index (χ3n) is 6.95. The number of aliphatic hydroxyl groups excluding tert-OH is 1. The van der Waals surface area contributed by atoms with Crippen LogP contribution < -0.4 is 5.32 Å². The summed E-state index contributed by atoms with van der Waals surface area (Å²) in [5, 5.41) is 24.8. The van der Waals surface area contributed by atoms with Gasteiger partial charge in [0.15, 0.2) is 0 Å². The van der Waals surface area contributed by atoms with E-state index in [2.05, 4.69) is 11.4 Å². The highest BCUT2D eigenvalue weighted by Gasteiger charge is 2.34. The van der Waals surface area contributed by atoms with E-state index in [1.165, 1.54) is 30.1 Å². The van der Waals surface area contributed by atoms with Gasteiger partial charge in [0.25, 0.3) is 0 Å². The summed E-state index contributed by atoms with van der Waals surface area (Å²) in [6.45, 7) is 3.79. The van der Waals surface area contributed by atoms with Gasteiger partial charge < -0.3 is 15.5 Å². The Morgan fingerprint density at radius 2 is 1.74 bits per heavy atom. The molecule has 0 amide bonds. The Balaban J connectivity index is 1.71. The van der Waals surface area contributed by atoms with E-state index in [0.717, 1.165) is 29.6 Å². The Hall–Kier alpha value is -2.77. The number of alkyl halides is 3. The minimum Gasteiger partial charge on any atom is -0.481 e. The maximum Gasteiger partial charge on any atom is 0.416 e. The second-order valence-electron chi connectivity index (χ2n) is 11.0. The highest BCUT2D eigenvalue weighted by Crippen LogP contribution is 2.35. The lowest BCUT2D eigenvalue weighted by Crippen LogP contribution is -2.46. The first-order valence-corrected chi connectivity index (χ1v) is 15.8. The molecule has 0 fully saturated rings. The first-order valence-electron chi connectivity index (χ1n) is 13.5. The monoisotopic (exact) mass is 626 g/mol. The third kappa shape index (κ3) is 9.91. The summed E-state index contributed by atoms with van der Waals surface area (Å²) in [6.07, 6.45) is -3.01. The average Bonchev–Trinajstić information content (AvgIpc) is 3.44. The number of carboxylic acids is 1. The smallest absolute Gasteiger partial charge is 0.416 e. The zero-order valence-corrected chi connectivity index (χ0v) is 25.5. The van der Waals surface area contributed by atoms with Crippen molar-refractivity contribution in [2.45, 2.75) is 68.7 Å². The summed E-state index contributed by atoms with van der Waals surface area (Å²) < 4.78 is 68.9. The van der Waals surface area contributed by atoms with Crippen LogP contribution in [0.15, 0.2) is 64.9 Å². The molecule has 0 bridgehead atoms. The number of carbonyl (C=O) groups is 1. The van der Waals surface area contributed by atoms with Gasteiger partial charge in [-0.3, -0.25) is 4.79 Å². The van der Waals surface area contributed by atoms with Gasteiger partial charge in [0, 0.05) is 37.0 Å². The normalized spacial score (nSPS) is 13.4. The minimum atomic E-state index is -4.79. The number of aryl methyl sites for hydroxylation is 2. The van der Waals surface area contributed by atoms with Crippen LogP contribution >= 0.6 is 11.3 Å². The zero-order chi connectivity index (χ0) is 31.1. The van der Waals surface area contributed by atoms with Crippen LogP contribution in [0.5, 0.6) is 0 Å². The minimum absolute atomic E-state index is 0.0492. The Morgan fingerprint density at radius 3 is 2.33 bits per heavy atom. The summed E-state index contributed by atoms with van der Waals surface area (Å²) >= 11 is 1.70. The Morgan fingerprint density at radius 1 is 1.05 bits per heavy atom. The molecule has 12 heteroatoms. The molecule has 1 heterocycles.